The van der Waals surface area contributed by atoms with Gasteiger partial charge in [-0.3, -0.25) is 0 Å². The van der Waals surface area contributed by atoms with Crippen LogP contribution in [0, 0.1) is 0 Å². The van der Waals surface area contributed by atoms with Crippen molar-refractivity contribution in [2.24, 2.45) is 0 Å². The first-order valence-electron chi connectivity index (χ1n) is 7.76. The average Bonchev–Trinajstić information content (AvgIpc) is 2.61. The van der Waals surface area contributed by atoms with E-state index in [1.165, 1.54) is 38.9 Å². The number of benzene rings is 1. The van der Waals surface area contributed by atoms with Crippen LogP contribution in [-0.2, 0) is 20.0 Å². The molecule has 0 amide bonds. The lowest BCUT2D eigenvalue weighted by molar-refractivity contribution is 0.273. The highest BCUT2D eigenvalue weighted by atomic mass is 32.2. The zero-order valence-corrected chi connectivity index (χ0v) is 15.2. The van der Waals surface area contributed by atoms with Crippen molar-refractivity contribution in [3.8, 4) is 0 Å². The quantitative estimate of drug-likeness (QED) is 0.707. The molecule has 25 heavy (non-hydrogen) atoms. The van der Waals surface area contributed by atoms with E-state index < -0.39 is 25.7 Å². The van der Waals surface area contributed by atoms with Gasteiger partial charge >= 0.3 is 5.63 Å². The molecule has 0 spiro atoms. The summed E-state index contributed by atoms with van der Waals surface area (Å²) in [6, 6.07) is 7.01. The van der Waals surface area contributed by atoms with Gasteiger partial charge in [-0.25, -0.2) is 21.6 Å². The summed E-state index contributed by atoms with van der Waals surface area (Å²) in [6.07, 6.45) is 0. The number of fused-ring (bicyclic) bond motifs is 1. The molecule has 0 unspecified atom stereocenters. The third-order valence-electron chi connectivity index (χ3n) is 4.18. The SMILES string of the molecule is CCS(=O)(=O)N1CCN(S(=O)(=O)c2ccc3oc(=O)ccc3c2)CC1. The van der Waals surface area contributed by atoms with Crippen molar-refractivity contribution in [1.29, 1.82) is 0 Å². The Kier molecular flexibility index (Phi) is 4.71. The van der Waals surface area contributed by atoms with Crippen molar-refractivity contribution in [2.75, 3.05) is 31.9 Å². The largest absolute Gasteiger partial charge is 0.423 e. The monoisotopic (exact) mass is 386 g/mol. The molecule has 8 nitrogen and oxygen atoms in total. The molecule has 0 radical (unpaired) electrons. The molecular formula is C15H18N2O6S2. The van der Waals surface area contributed by atoms with Gasteiger partial charge in [0.2, 0.25) is 20.0 Å². The Morgan fingerprint density at radius 2 is 1.60 bits per heavy atom. The third-order valence-corrected chi connectivity index (χ3v) is 7.96. The molecule has 0 N–H and O–H groups in total. The normalized spacial score (nSPS) is 17.8. The van der Waals surface area contributed by atoms with Crippen LogP contribution in [0.1, 0.15) is 6.92 Å². The van der Waals surface area contributed by atoms with Crippen LogP contribution in [0.15, 0.2) is 44.4 Å². The number of sulfonamides is 2. The molecule has 1 aliphatic heterocycles. The Bertz CT molecular complexity index is 1050. The molecule has 136 valence electrons. The number of hydrogen-bond donors (Lipinski definition) is 0. The zero-order chi connectivity index (χ0) is 18.2. The van der Waals surface area contributed by atoms with E-state index in [1.807, 2.05) is 0 Å². The van der Waals surface area contributed by atoms with Crippen LogP contribution in [0.3, 0.4) is 0 Å². The Morgan fingerprint density at radius 3 is 2.24 bits per heavy atom. The van der Waals surface area contributed by atoms with Crippen LogP contribution in [0.5, 0.6) is 0 Å². The second kappa shape index (κ2) is 6.52. The van der Waals surface area contributed by atoms with Crippen LogP contribution in [0.2, 0.25) is 0 Å². The van der Waals surface area contributed by atoms with Crippen LogP contribution < -0.4 is 5.63 Å². The maximum atomic E-state index is 12.8. The molecule has 1 aromatic heterocycles. The summed E-state index contributed by atoms with van der Waals surface area (Å²) in [6.45, 7) is 2.04. The number of hydrogen-bond acceptors (Lipinski definition) is 6. The third kappa shape index (κ3) is 3.47. The molecule has 0 atom stereocenters. The maximum Gasteiger partial charge on any atom is 0.336 e. The van der Waals surface area contributed by atoms with Gasteiger partial charge in [-0.05, 0) is 31.2 Å². The van der Waals surface area contributed by atoms with Crippen molar-refractivity contribution in [2.45, 2.75) is 11.8 Å². The molecule has 2 heterocycles. The van der Waals surface area contributed by atoms with Crippen LogP contribution >= 0.6 is 0 Å². The molecule has 1 fully saturated rings. The molecule has 0 bridgehead atoms. The predicted molar refractivity (Wildman–Crippen MR) is 92.3 cm³/mol. The van der Waals surface area contributed by atoms with Gasteiger partial charge in [-0.2, -0.15) is 8.61 Å². The fourth-order valence-corrected chi connectivity index (χ4v) is 5.27. The van der Waals surface area contributed by atoms with Gasteiger partial charge in [0, 0.05) is 37.6 Å². The summed E-state index contributed by atoms with van der Waals surface area (Å²) >= 11 is 0. The summed E-state index contributed by atoms with van der Waals surface area (Å²) in [7, 11) is -7.07. The van der Waals surface area contributed by atoms with E-state index in [0.29, 0.717) is 11.0 Å². The maximum absolute atomic E-state index is 12.8. The Balaban J connectivity index is 1.85. The summed E-state index contributed by atoms with van der Waals surface area (Å²) in [5.41, 5.74) is -0.193. The summed E-state index contributed by atoms with van der Waals surface area (Å²) in [4.78, 5) is 11.3. The highest BCUT2D eigenvalue weighted by Crippen LogP contribution is 2.22. The number of piperazine rings is 1. The first-order chi connectivity index (χ1) is 11.7. The smallest absolute Gasteiger partial charge is 0.336 e. The van der Waals surface area contributed by atoms with Crippen molar-refractivity contribution < 1.29 is 21.3 Å². The van der Waals surface area contributed by atoms with E-state index in [0.717, 1.165) is 0 Å². The standard InChI is InChI=1S/C15H18N2O6S2/c1-2-24(19,20)16-7-9-17(10-8-16)25(21,22)13-4-5-14-12(11-13)3-6-15(18)23-14/h3-6,11H,2,7-10H2,1H3. The second-order valence-electron chi connectivity index (χ2n) is 5.66. The van der Waals surface area contributed by atoms with Crippen LogP contribution in [0.4, 0.5) is 0 Å². The first-order valence-corrected chi connectivity index (χ1v) is 10.8. The van der Waals surface area contributed by atoms with Crippen molar-refractivity contribution in [3.63, 3.8) is 0 Å². The van der Waals surface area contributed by atoms with Gasteiger partial charge < -0.3 is 4.42 Å². The fraction of sp³-hybridized carbons (Fsp3) is 0.400. The molecule has 1 saturated heterocycles. The molecule has 10 heteroatoms. The lowest BCUT2D eigenvalue weighted by Crippen LogP contribution is -2.50. The van der Waals surface area contributed by atoms with Gasteiger partial charge in [0.25, 0.3) is 0 Å². The molecule has 1 aromatic carbocycles. The van der Waals surface area contributed by atoms with Gasteiger partial charge in [-0.15, -0.1) is 0 Å². The Labute approximate surface area is 145 Å². The Hall–Kier alpha value is -1.75. The van der Waals surface area contributed by atoms with E-state index in [9.17, 15) is 21.6 Å². The van der Waals surface area contributed by atoms with Gasteiger partial charge in [-0.1, -0.05) is 0 Å². The van der Waals surface area contributed by atoms with Crippen molar-refractivity contribution >= 4 is 31.0 Å². The van der Waals surface area contributed by atoms with Crippen LogP contribution in [0.25, 0.3) is 11.0 Å². The van der Waals surface area contributed by atoms with E-state index in [4.69, 9.17) is 4.42 Å². The topological polar surface area (TPSA) is 105 Å². The predicted octanol–water partition coefficient (Wildman–Crippen LogP) is 0.449. The van der Waals surface area contributed by atoms with E-state index in [1.54, 1.807) is 6.92 Å². The van der Waals surface area contributed by atoms with Crippen LogP contribution in [-0.4, -0.2) is 57.4 Å². The van der Waals surface area contributed by atoms with E-state index in [2.05, 4.69) is 0 Å². The highest BCUT2D eigenvalue weighted by Gasteiger charge is 2.32. The first kappa shape index (κ1) is 18.1. The number of nitrogens with zero attached hydrogens (tertiary/aromatic N) is 2. The fourth-order valence-electron chi connectivity index (χ4n) is 2.73. The Morgan fingerprint density at radius 1 is 0.960 bits per heavy atom. The summed E-state index contributed by atoms with van der Waals surface area (Å²) in [5.74, 6) is -0.00434. The zero-order valence-electron chi connectivity index (χ0n) is 13.6. The minimum Gasteiger partial charge on any atom is -0.423 e. The van der Waals surface area contributed by atoms with Gasteiger partial charge in [0.1, 0.15) is 5.58 Å². The average molecular weight is 386 g/mol. The minimum absolute atomic E-state index is 0.00434. The molecule has 2 aromatic rings. The van der Waals surface area contributed by atoms with Crippen molar-refractivity contribution in [3.05, 3.63) is 40.8 Å². The number of rotatable bonds is 4. The van der Waals surface area contributed by atoms with Crippen molar-refractivity contribution in [1.82, 2.24) is 8.61 Å². The molecule has 0 aliphatic carbocycles. The molecular weight excluding hydrogens is 368 g/mol. The lowest BCUT2D eigenvalue weighted by Gasteiger charge is -2.33. The van der Waals surface area contributed by atoms with Gasteiger partial charge in [0.15, 0.2) is 0 Å². The van der Waals surface area contributed by atoms with E-state index >= 15 is 0 Å². The molecule has 0 saturated carbocycles. The van der Waals surface area contributed by atoms with Gasteiger partial charge in [0.05, 0.1) is 10.6 Å². The lowest BCUT2D eigenvalue weighted by atomic mass is 10.2. The minimum atomic E-state index is -3.75. The van der Waals surface area contributed by atoms with E-state index in [-0.39, 0.29) is 36.8 Å². The second-order valence-corrected chi connectivity index (χ2v) is 9.85. The molecule has 1 aliphatic rings. The molecule has 3 rings (SSSR count). The highest BCUT2D eigenvalue weighted by molar-refractivity contribution is 7.89. The summed E-state index contributed by atoms with van der Waals surface area (Å²) in [5, 5.41) is 0.507. The summed E-state index contributed by atoms with van der Waals surface area (Å²) < 4.78 is 56.9.